The first-order valence-electron chi connectivity index (χ1n) is 7.48. The first kappa shape index (κ1) is 13.6. The fraction of sp³-hybridized carbons (Fsp3) is 0.312. The Balaban J connectivity index is 1.54. The van der Waals surface area contributed by atoms with Crippen molar-refractivity contribution in [2.24, 2.45) is 0 Å². The number of likely N-dealkylation sites (tertiary alicyclic amines) is 1. The van der Waals surface area contributed by atoms with Crippen LogP contribution in [0.25, 0.3) is 11.4 Å². The minimum Gasteiger partial charge on any atom is -0.290 e. The van der Waals surface area contributed by atoms with Crippen LogP contribution >= 0.6 is 11.3 Å². The zero-order valence-corrected chi connectivity index (χ0v) is 13.0. The first-order valence-corrected chi connectivity index (χ1v) is 8.36. The molecule has 0 saturated carbocycles. The molecule has 1 aliphatic heterocycles. The monoisotopic (exact) mass is 311 g/mol. The summed E-state index contributed by atoms with van der Waals surface area (Å²) in [6.45, 7) is 2.09. The van der Waals surface area contributed by atoms with Gasteiger partial charge in [0, 0.05) is 23.7 Å². The Labute approximate surface area is 133 Å². The second-order valence-electron chi connectivity index (χ2n) is 5.53. The molecule has 1 atom stereocenters. The van der Waals surface area contributed by atoms with Crippen molar-refractivity contribution in [2.45, 2.75) is 25.4 Å². The molecule has 0 spiro atoms. The van der Waals surface area contributed by atoms with Gasteiger partial charge in [-0.2, -0.15) is 5.10 Å². The van der Waals surface area contributed by atoms with E-state index in [0.29, 0.717) is 6.04 Å². The Bertz CT molecular complexity index is 723. The van der Waals surface area contributed by atoms with Crippen LogP contribution < -0.4 is 0 Å². The van der Waals surface area contributed by atoms with Crippen LogP contribution in [0.1, 0.15) is 29.5 Å². The Morgan fingerprint density at radius 2 is 2.32 bits per heavy atom. The van der Waals surface area contributed by atoms with Crippen molar-refractivity contribution in [2.75, 3.05) is 6.54 Å². The standard InChI is InChI=1S/C16H17N5S/c1-3-12(9-13(4-1)15-18-11-19-20-15)10-21-7-2-5-14(21)16-17-6-8-22-16/h1,3-4,6,8-9,11,14H,2,5,7,10H2,(H,18,19,20). The summed E-state index contributed by atoms with van der Waals surface area (Å²) in [6.07, 6.45) is 5.89. The fourth-order valence-corrected chi connectivity index (χ4v) is 3.90. The van der Waals surface area contributed by atoms with Gasteiger partial charge < -0.3 is 0 Å². The van der Waals surface area contributed by atoms with Gasteiger partial charge >= 0.3 is 0 Å². The molecule has 3 aromatic rings. The third-order valence-corrected chi connectivity index (χ3v) is 4.98. The number of aromatic nitrogens is 4. The quantitative estimate of drug-likeness (QED) is 0.803. The van der Waals surface area contributed by atoms with E-state index >= 15 is 0 Å². The number of rotatable bonds is 4. The Hall–Kier alpha value is -2.05. The SMILES string of the molecule is c1cc(CN2CCCC2c2nccs2)cc(-c2ncn[nH]2)c1. The van der Waals surface area contributed by atoms with Crippen molar-refractivity contribution >= 4 is 11.3 Å². The van der Waals surface area contributed by atoms with Gasteiger partial charge in [0.05, 0.1) is 6.04 Å². The van der Waals surface area contributed by atoms with E-state index in [9.17, 15) is 0 Å². The van der Waals surface area contributed by atoms with E-state index in [0.717, 1.165) is 24.5 Å². The Morgan fingerprint density at radius 1 is 1.32 bits per heavy atom. The summed E-state index contributed by atoms with van der Waals surface area (Å²) in [5.41, 5.74) is 2.39. The molecule has 1 N–H and O–H groups in total. The summed E-state index contributed by atoms with van der Waals surface area (Å²) in [6, 6.07) is 8.98. The lowest BCUT2D eigenvalue weighted by Crippen LogP contribution is -2.22. The topological polar surface area (TPSA) is 57.7 Å². The van der Waals surface area contributed by atoms with Crippen LogP contribution in [-0.2, 0) is 6.54 Å². The highest BCUT2D eigenvalue weighted by Gasteiger charge is 2.27. The molecule has 0 amide bonds. The normalized spacial score (nSPS) is 18.8. The van der Waals surface area contributed by atoms with Gasteiger partial charge in [-0.05, 0) is 31.0 Å². The number of benzene rings is 1. The second-order valence-corrected chi connectivity index (χ2v) is 6.46. The largest absolute Gasteiger partial charge is 0.290 e. The third kappa shape index (κ3) is 2.67. The zero-order chi connectivity index (χ0) is 14.8. The smallest absolute Gasteiger partial charge is 0.155 e. The number of hydrogen-bond donors (Lipinski definition) is 1. The van der Waals surface area contributed by atoms with E-state index in [-0.39, 0.29) is 0 Å². The molecule has 0 bridgehead atoms. The van der Waals surface area contributed by atoms with Crippen molar-refractivity contribution in [1.82, 2.24) is 25.1 Å². The van der Waals surface area contributed by atoms with Crippen LogP contribution in [0.3, 0.4) is 0 Å². The van der Waals surface area contributed by atoms with E-state index in [1.807, 2.05) is 6.20 Å². The van der Waals surface area contributed by atoms with E-state index in [4.69, 9.17) is 0 Å². The Morgan fingerprint density at radius 3 is 3.14 bits per heavy atom. The van der Waals surface area contributed by atoms with E-state index in [1.165, 1.54) is 23.4 Å². The molecule has 1 fully saturated rings. The molecule has 5 nitrogen and oxygen atoms in total. The maximum absolute atomic E-state index is 4.50. The van der Waals surface area contributed by atoms with Crippen LogP contribution in [0, 0.1) is 0 Å². The van der Waals surface area contributed by atoms with Gasteiger partial charge in [-0.15, -0.1) is 11.3 Å². The number of thiazole rings is 1. The maximum atomic E-state index is 4.50. The molecular formula is C16H17N5S. The predicted molar refractivity (Wildman–Crippen MR) is 86.3 cm³/mol. The van der Waals surface area contributed by atoms with Gasteiger partial charge in [-0.3, -0.25) is 10.00 Å². The summed E-state index contributed by atoms with van der Waals surface area (Å²) < 4.78 is 0. The molecule has 1 unspecified atom stereocenters. The van der Waals surface area contributed by atoms with Gasteiger partial charge in [-0.25, -0.2) is 9.97 Å². The minimum atomic E-state index is 0.467. The van der Waals surface area contributed by atoms with Crippen molar-refractivity contribution < 1.29 is 0 Å². The number of nitrogens with zero attached hydrogens (tertiary/aromatic N) is 4. The molecule has 112 valence electrons. The van der Waals surface area contributed by atoms with Crippen molar-refractivity contribution in [3.05, 3.63) is 52.7 Å². The predicted octanol–water partition coefficient (Wildman–Crippen LogP) is 3.27. The molecule has 1 aromatic carbocycles. The van der Waals surface area contributed by atoms with E-state index < -0.39 is 0 Å². The average Bonchev–Trinajstić information content (AvgIpc) is 3.29. The summed E-state index contributed by atoms with van der Waals surface area (Å²) >= 11 is 1.76. The molecule has 1 saturated heterocycles. The summed E-state index contributed by atoms with van der Waals surface area (Å²) in [5.74, 6) is 0.819. The first-order chi connectivity index (χ1) is 10.9. The lowest BCUT2D eigenvalue weighted by atomic mass is 10.1. The lowest BCUT2D eigenvalue weighted by molar-refractivity contribution is 0.248. The highest BCUT2D eigenvalue weighted by atomic mass is 32.1. The fourth-order valence-electron chi connectivity index (χ4n) is 3.09. The molecule has 0 aliphatic carbocycles. The molecule has 3 heterocycles. The molecule has 1 aliphatic rings. The van der Waals surface area contributed by atoms with Crippen molar-refractivity contribution in [3.8, 4) is 11.4 Å². The Kier molecular flexibility index (Phi) is 3.70. The number of hydrogen-bond acceptors (Lipinski definition) is 5. The number of aromatic amines is 1. The average molecular weight is 311 g/mol. The van der Waals surface area contributed by atoms with Crippen LogP contribution in [-0.4, -0.2) is 31.6 Å². The van der Waals surface area contributed by atoms with Gasteiger partial charge in [0.15, 0.2) is 5.82 Å². The highest BCUT2D eigenvalue weighted by Crippen LogP contribution is 2.34. The zero-order valence-electron chi connectivity index (χ0n) is 12.1. The van der Waals surface area contributed by atoms with Crippen LogP contribution in [0.15, 0.2) is 42.2 Å². The second kappa shape index (κ2) is 5.98. The molecule has 2 aromatic heterocycles. The van der Waals surface area contributed by atoms with Crippen molar-refractivity contribution in [1.29, 1.82) is 0 Å². The van der Waals surface area contributed by atoms with Gasteiger partial charge in [-0.1, -0.05) is 18.2 Å². The van der Waals surface area contributed by atoms with Crippen molar-refractivity contribution in [3.63, 3.8) is 0 Å². The van der Waals surface area contributed by atoms with Gasteiger partial charge in [0.2, 0.25) is 0 Å². The summed E-state index contributed by atoms with van der Waals surface area (Å²) in [4.78, 5) is 11.3. The summed E-state index contributed by atoms with van der Waals surface area (Å²) in [5, 5.41) is 10.2. The van der Waals surface area contributed by atoms with E-state index in [2.05, 4.69) is 54.7 Å². The molecular weight excluding hydrogens is 294 g/mol. The van der Waals surface area contributed by atoms with Gasteiger partial charge in [0.1, 0.15) is 11.3 Å². The third-order valence-electron chi connectivity index (χ3n) is 4.10. The molecule has 22 heavy (non-hydrogen) atoms. The lowest BCUT2D eigenvalue weighted by Gasteiger charge is -2.23. The van der Waals surface area contributed by atoms with E-state index in [1.54, 1.807) is 17.7 Å². The number of H-pyrrole nitrogens is 1. The van der Waals surface area contributed by atoms with Crippen LogP contribution in [0.5, 0.6) is 0 Å². The number of nitrogens with one attached hydrogen (secondary N) is 1. The molecule has 6 heteroatoms. The van der Waals surface area contributed by atoms with Crippen LogP contribution in [0.2, 0.25) is 0 Å². The molecule has 0 radical (unpaired) electrons. The maximum Gasteiger partial charge on any atom is 0.155 e. The molecule has 4 rings (SSSR count). The van der Waals surface area contributed by atoms with Crippen LogP contribution in [0.4, 0.5) is 0 Å². The minimum absolute atomic E-state index is 0.467. The van der Waals surface area contributed by atoms with Gasteiger partial charge in [0.25, 0.3) is 0 Å². The highest BCUT2D eigenvalue weighted by molar-refractivity contribution is 7.09. The summed E-state index contributed by atoms with van der Waals surface area (Å²) in [7, 11) is 0.